The Hall–Kier alpha value is -2.18. The van der Waals surface area contributed by atoms with E-state index in [1.54, 1.807) is 0 Å². The molecule has 1 aliphatic heterocycles. The van der Waals surface area contributed by atoms with Crippen LogP contribution in [-0.2, 0) is 4.79 Å². The van der Waals surface area contributed by atoms with Gasteiger partial charge in [0.25, 0.3) is 0 Å². The molecule has 2 fully saturated rings. The van der Waals surface area contributed by atoms with Gasteiger partial charge in [0.05, 0.1) is 0 Å². The summed E-state index contributed by atoms with van der Waals surface area (Å²) in [6.45, 7) is 4.27. The van der Waals surface area contributed by atoms with Crippen molar-refractivity contribution in [3.8, 4) is 0 Å². The van der Waals surface area contributed by atoms with E-state index in [0.717, 1.165) is 25.9 Å². The Morgan fingerprint density at radius 2 is 1.96 bits per heavy atom. The normalized spacial score (nSPS) is 22.8. The summed E-state index contributed by atoms with van der Waals surface area (Å²) in [6.07, 6.45) is 2.74. The highest BCUT2D eigenvalue weighted by molar-refractivity contribution is 5.85. The van der Waals surface area contributed by atoms with E-state index >= 15 is 0 Å². The lowest BCUT2D eigenvalue weighted by molar-refractivity contribution is -0.128. The van der Waals surface area contributed by atoms with Gasteiger partial charge >= 0.3 is 0 Å². The third kappa shape index (κ3) is 4.27. The van der Waals surface area contributed by atoms with Crippen molar-refractivity contribution in [2.24, 2.45) is 4.99 Å². The molecule has 1 aliphatic carbocycles. The summed E-state index contributed by atoms with van der Waals surface area (Å²) in [7, 11) is 0. The lowest BCUT2D eigenvalue weighted by Gasteiger charge is -2.15. The van der Waals surface area contributed by atoms with Gasteiger partial charge in [0.2, 0.25) is 5.91 Å². The smallest absolute Gasteiger partial charge is 0.244 e. The number of nitrogens with zero attached hydrogens (tertiary/aromatic N) is 2. The lowest BCUT2D eigenvalue weighted by Crippen LogP contribution is -2.40. The number of carbonyl (C=O) groups excluding carboxylic acids is 1. The van der Waals surface area contributed by atoms with Gasteiger partial charge in [-0.1, -0.05) is 6.07 Å². The minimum atomic E-state index is -0.513. The van der Waals surface area contributed by atoms with E-state index in [9.17, 15) is 13.6 Å². The Labute approximate surface area is 146 Å². The van der Waals surface area contributed by atoms with Crippen LogP contribution in [0.15, 0.2) is 23.2 Å². The van der Waals surface area contributed by atoms with Crippen molar-refractivity contribution in [2.75, 3.05) is 26.2 Å². The number of halogens is 2. The molecule has 25 heavy (non-hydrogen) atoms. The molecule has 2 aliphatic rings. The van der Waals surface area contributed by atoms with Gasteiger partial charge in [-0.2, -0.15) is 0 Å². The number of guanidine groups is 1. The number of rotatable bonds is 5. The molecule has 1 aromatic rings. The lowest BCUT2D eigenvalue weighted by atomic mass is 10.1. The standard InChI is InChI=1S/C18H24F2N4O/c1-2-21-18(22-11-16(25)24-8-3-4-9-24)23-15-10-12(15)17-13(19)6-5-7-14(17)20/h5-7,12,15H,2-4,8-11H2,1H3,(H2,21,22,23). The van der Waals surface area contributed by atoms with E-state index in [1.807, 2.05) is 11.8 Å². The predicted octanol–water partition coefficient (Wildman–Crippen LogP) is 2.00. The SMILES string of the molecule is CCNC(=NCC(=O)N1CCCC1)NC1CC1c1c(F)cccc1F. The monoisotopic (exact) mass is 350 g/mol. The number of amides is 1. The van der Waals surface area contributed by atoms with Gasteiger partial charge in [-0.3, -0.25) is 4.79 Å². The van der Waals surface area contributed by atoms with Gasteiger partial charge < -0.3 is 15.5 Å². The zero-order valence-electron chi connectivity index (χ0n) is 14.4. The van der Waals surface area contributed by atoms with Crippen LogP contribution in [0, 0.1) is 11.6 Å². The number of nitrogens with one attached hydrogen (secondary N) is 2. The van der Waals surface area contributed by atoms with E-state index in [2.05, 4.69) is 15.6 Å². The first-order chi connectivity index (χ1) is 12.1. The summed E-state index contributed by atoms with van der Waals surface area (Å²) < 4.78 is 27.7. The fraction of sp³-hybridized carbons (Fsp3) is 0.556. The first-order valence-electron chi connectivity index (χ1n) is 8.86. The van der Waals surface area contributed by atoms with E-state index in [0.29, 0.717) is 18.9 Å². The highest BCUT2D eigenvalue weighted by Gasteiger charge is 2.42. The van der Waals surface area contributed by atoms with Gasteiger partial charge in [-0.05, 0) is 38.3 Å². The molecule has 1 amide bonds. The van der Waals surface area contributed by atoms with Gasteiger partial charge in [0.15, 0.2) is 5.96 Å². The molecule has 1 heterocycles. The fourth-order valence-corrected chi connectivity index (χ4v) is 3.25. The van der Waals surface area contributed by atoms with Crippen LogP contribution >= 0.6 is 0 Å². The summed E-state index contributed by atoms with van der Waals surface area (Å²) in [5.74, 6) is -0.707. The third-order valence-electron chi connectivity index (χ3n) is 4.66. The Balaban J connectivity index is 1.59. The van der Waals surface area contributed by atoms with Crippen LogP contribution in [0.5, 0.6) is 0 Å². The van der Waals surface area contributed by atoms with Crippen LogP contribution in [0.3, 0.4) is 0 Å². The quantitative estimate of drug-likeness (QED) is 0.631. The van der Waals surface area contributed by atoms with Crippen molar-refractivity contribution < 1.29 is 13.6 Å². The maximum absolute atomic E-state index is 13.9. The predicted molar refractivity (Wildman–Crippen MR) is 92.4 cm³/mol. The first-order valence-corrected chi connectivity index (χ1v) is 8.86. The topological polar surface area (TPSA) is 56.7 Å². The second kappa shape index (κ2) is 7.80. The molecule has 0 spiro atoms. The van der Waals surface area contributed by atoms with E-state index in [-0.39, 0.29) is 30.0 Å². The van der Waals surface area contributed by atoms with Crippen molar-refractivity contribution in [2.45, 2.75) is 38.1 Å². The molecule has 0 bridgehead atoms. The van der Waals surface area contributed by atoms with E-state index in [4.69, 9.17) is 0 Å². The highest BCUT2D eigenvalue weighted by Crippen LogP contribution is 2.43. The van der Waals surface area contributed by atoms with Gasteiger partial charge in [0.1, 0.15) is 18.2 Å². The summed E-state index contributed by atoms with van der Waals surface area (Å²) in [4.78, 5) is 18.2. The molecule has 7 heteroatoms. The van der Waals surface area contributed by atoms with Crippen molar-refractivity contribution in [1.29, 1.82) is 0 Å². The summed E-state index contributed by atoms with van der Waals surface area (Å²) >= 11 is 0. The summed E-state index contributed by atoms with van der Waals surface area (Å²) in [6, 6.07) is 3.85. The third-order valence-corrected chi connectivity index (χ3v) is 4.66. The molecule has 2 atom stereocenters. The van der Waals surface area contributed by atoms with Crippen molar-refractivity contribution >= 4 is 11.9 Å². The Morgan fingerprint density at radius 3 is 2.60 bits per heavy atom. The van der Waals surface area contributed by atoms with Gasteiger partial charge in [0, 0.05) is 37.2 Å². The number of hydrogen-bond acceptors (Lipinski definition) is 2. The molecule has 5 nitrogen and oxygen atoms in total. The molecule has 1 saturated heterocycles. The van der Waals surface area contributed by atoms with E-state index < -0.39 is 11.6 Å². The Morgan fingerprint density at radius 1 is 1.28 bits per heavy atom. The minimum Gasteiger partial charge on any atom is -0.357 e. The molecular formula is C18H24F2N4O. The second-order valence-electron chi connectivity index (χ2n) is 6.51. The minimum absolute atomic E-state index is 0.0159. The molecule has 2 unspecified atom stereocenters. The molecule has 136 valence electrons. The molecule has 3 rings (SSSR count). The molecule has 1 aromatic carbocycles. The van der Waals surface area contributed by atoms with Crippen LogP contribution in [0.4, 0.5) is 8.78 Å². The van der Waals surface area contributed by atoms with Crippen LogP contribution in [-0.4, -0.2) is 49.0 Å². The number of likely N-dealkylation sites (tertiary alicyclic amines) is 1. The summed E-state index contributed by atoms with van der Waals surface area (Å²) in [5, 5.41) is 6.26. The van der Waals surface area contributed by atoms with Crippen LogP contribution in [0.1, 0.15) is 37.7 Å². The zero-order valence-corrected chi connectivity index (χ0v) is 14.4. The Bertz CT molecular complexity index is 638. The maximum Gasteiger partial charge on any atom is 0.244 e. The average molecular weight is 350 g/mol. The molecular weight excluding hydrogens is 326 g/mol. The van der Waals surface area contributed by atoms with Crippen molar-refractivity contribution in [3.05, 3.63) is 35.4 Å². The van der Waals surface area contributed by atoms with Crippen molar-refractivity contribution in [3.63, 3.8) is 0 Å². The molecule has 0 aromatic heterocycles. The Kier molecular flexibility index (Phi) is 5.50. The second-order valence-corrected chi connectivity index (χ2v) is 6.51. The maximum atomic E-state index is 13.9. The van der Waals surface area contributed by atoms with Crippen LogP contribution in [0.2, 0.25) is 0 Å². The van der Waals surface area contributed by atoms with Crippen LogP contribution in [0.25, 0.3) is 0 Å². The zero-order chi connectivity index (χ0) is 17.8. The number of carbonyl (C=O) groups is 1. The highest BCUT2D eigenvalue weighted by atomic mass is 19.1. The van der Waals surface area contributed by atoms with Crippen LogP contribution < -0.4 is 10.6 Å². The molecule has 0 radical (unpaired) electrons. The fourth-order valence-electron chi connectivity index (χ4n) is 3.25. The average Bonchev–Trinajstić information content (AvgIpc) is 3.10. The van der Waals surface area contributed by atoms with Crippen molar-refractivity contribution in [1.82, 2.24) is 15.5 Å². The first kappa shape index (κ1) is 17.6. The molecule has 1 saturated carbocycles. The number of aliphatic imine (C=N–C) groups is 1. The summed E-state index contributed by atoms with van der Waals surface area (Å²) in [5.41, 5.74) is 0.129. The molecule has 2 N–H and O–H groups in total. The van der Waals surface area contributed by atoms with E-state index in [1.165, 1.54) is 18.2 Å². The van der Waals surface area contributed by atoms with Gasteiger partial charge in [-0.25, -0.2) is 13.8 Å². The largest absolute Gasteiger partial charge is 0.357 e. The number of hydrogen-bond donors (Lipinski definition) is 2. The number of benzene rings is 1. The van der Waals surface area contributed by atoms with Gasteiger partial charge in [-0.15, -0.1) is 0 Å².